The molecule has 0 aromatic rings. The van der Waals surface area contributed by atoms with E-state index in [-0.39, 0.29) is 0 Å². The molecule has 0 aromatic heterocycles. The lowest BCUT2D eigenvalue weighted by atomic mass is 9.69. The van der Waals surface area contributed by atoms with Gasteiger partial charge in [-0.2, -0.15) is 0 Å². The van der Waals surface area contributed by atoms with Crippen LogP contribution < -0.4 is 0 Å². The van der Waals surface area contributed by atoms with Crippen LogP contribution in [0.25, 0.3) is 0 Å². The molecule has 5 heterocycles. The van der Waals surface area contributed by atoms with Gasteiger partial charge >= 0.3 is 0 Å². The zero-order chi connectivity index (χ0) is 23.3. The van der Waals surface area contributed by atoms with Crippen molar-refractivity contribution in [3.05, 3.63) is 24.3 Å². The molecule has 0 radical (unpaired) electrons. The molecule has 0 spiro atoms. The predicted molar refractivity (Wildman–Crippen MR) is 148 cm³/mol. The van der Waals surface area contributed by atoms with Gasteiger partial charge in [0, 0.05) is 26.2 Å². The van der Waals surface area contributed by atoms with Crippen LogP contribution in [0.3, 0.4) is 0 Å². The molecule has 194 valence electrons. The van der Waals surface area contributed by atoms with Crippen molar-refractivity contribution < 1.29 is 0 Å². The maximum atomic E-state index is 2.93. The SMILES string of the molecule is C1=CCCN2CCC3C(CCCCCCC=CCCCCN4CC(CCCCCC1)CC3C4)C2. The van der Waals surface area contributed by atoms with E-state index in [9.17, 15) is 0 Å². The Bertz CT molecular complexity index is 596. The van der Waals surface area contributed by atoms with Crippen LogP contribution in [-0.4, -0.2) is 49.1 Å². The summed E-state index contributed by atoms with van der Waals surface area (Å²) < 4.78 is 0. The minimum atomic E-state index is 0.953. The highest BCUT2D eigenvalue weighted by Crippen LogP contribution is 2.40. The molecule has 6 atom stereocenters. The molecule has 0 aromatic carbocycles. The van der Waals surface area contributed by atoms with Crippen molar-refractivity contribution in [3.63, 3.8) is 0 Å². The maximum Gasteiger partial charge on any atom is 0.00160 e. The van der Waals surface area contributed by atoms with E-state index in [1.165, 1.54) is 148 Å². The molecule has 0 N–H and O–H groups in total. The summed E-state index contributed by atoms with van der Waals surface area (Å²) in [7, 11) is 0. The molecular weight excluding hydrogens is 412 g/mol. The van der Waals surface area contributed by atoms with Crippen molar-refractivity contribution in [3.8, 4) is 0 Å². The summed E-state index contributed by atoms with van der Waals surface area (Å²) in [5.41, 5.74) is 0. The summed E-state index contributed by atoms with van der Waals surface area (Å²) in [4.78, 5) is 5.77. The van der Waals surface area contributed by atoms with E-state index in [2.05, 4.69) is 34.1 Å². The first kappa shape index (κ1) is 26.5. The van der Waals surface area contributed by atoms with E-state index < -0.39 is 0 Å². The smallest absolute Gasteiger partial charge is 0.00160 e. The lowest BCUT2D eigenvalue weighted by Gasteiger charge is -2.47. The first-order valence-corrected chi connectivity index (χ1v) is 15.6. The van der Waals surface area contributed by atoms with Gasteiger partial charge in [-0.15, -0.1) is 0 Å². The molecule has 5 rings (SSSR count). The van der Waals surface area contributed by atoms with Gasteiger partial charge in [0.15, 0.2) is 0 Å². The normalized spacial score (nSPS) is 37.9. The molecule has 6 unspecified atom stereocenters. The Morgan fingerprint density at radius 1 is 0.441 bits per heavy atom. The second-order valence-corrected chi connectivity index (χ2v) is 12.3. The van der Waals surface area contributed by atoms with Gasteiger partial charge in [0.1, 0.15) is 0 Å². The van der Waals surface area contributed by atoms with Crippen LogP contribution in [0.1, 0.15) is 116 Å². The van der Waals surface area contributed by atoms with Crippen LogP contribution in [0.2, 0.25) is 0 Å². The third-order valence-electron chi connectivity index (χ3n) is 9.60. The molecule has 0 aliphatic carbocycles. The first-order chi connectivity index (χ1) is 16.9. The van der Waals surface area contributed by atoms with Crippen LogP contribution in [0.15, 0.2) is 24.3 Å². The third kappa shape index (κ3) is 9.12. The van der Waals surface area contributed by atoms with Crippen molar-refractivity contribution in [2.24, 2.45) is 23.7 Å². The Morgan fingerprint density at radius 3 is 1.88 bits per heavy atom. The molecule has 0 saturated carbocycles. The van der Waals surface area contributed by atoms with Crippen LogP contribution in [0.5, 0.6) is 0 Å². The average molecular weight is 469 g/mol. The Hall–Kier alpha value is -0.600. The van der Waals surface area contributed by atoms with Gasteiger partial charge in [-0.25, -0.2) is 0 Å². The lowest BCUT2D eigenvalue weighted by molar-refractivity contribution is 0.0193. The first-order valence-electron chi connectivity index (χ1n) is 15.6. The van der Waals surface area contributed by atoms with Crippen molar-refractivity contribution >= 4 is 0 Å². The Morgan fingerprint density at radius 2 is 1.09 bits per heavy atom. The topological polar surface area (TPSA) is 6.48 Å². The van der Waals surface area contributed by atoms with E-state index in [4.69, 9.17) is 0 Å². The summed E-state index contributed by atoms with van der Waals surface area (Å²) in [5, 5.41) is 0. The highest BCUT2D eigenvalue weighted by atomic mass is 15.1. The number of hydrogen-bond donors (Lipinski definition) is 0. The van der Waals surface area contributed by atoms with Gasteiger partial charge in [-0.3, -0.25) is 0 Å². The molecule has 0 amide bonds. The van der Waals surface area contributed by atoms with E-state index in [1.54, 1.807) is 6.42 Å². The number of nitrogens with zero attached hydrogens (tertiary/aromatic N) is 2. The van der Waals surface area contributed by atoms with Crippen molar-refractivity contribution in [2.75, 3.05) is 39.3 Å². The summed E-state index contributed by atoms with van der Waals surface area (Å²) in [5.74, 6) is 3.88. The average Bonchev–Trinajstić information content (AvgIpc) is 2.85. The minimum absolute atomic E-state index is 0.953. The third-order valence-corrected chi connectivity index (χ3v) is 9.60. The van der Waals surface area contributed by atoms with Gasteiger partial charge < -0.3 is 9.80 Å². The summed E-state index contributed by atoms with van der Waals surface area (Å²) in [6, 6.07) is 0. The Balaban J connectivity index is 1.47. The van der Waals surface area contributed by atoms with Crippen LogP contribution in [-0.2, 0) is 0 Å². The van der Waals surface area contributed by atoms with Gasteiger partial charge in [0.2, 0.25) is 0 Å². The molecule has 2 heteroatoms. The van der Waals surface area contributed by atoms with Crippen molar-refractivity contribution in [1.29, 1.82) is 0 Å². The fraction of sp³-hybridized carbons (Fsp3) is 0.875. The van der Waals surface area contributed by atoms with Gasteiger partial charge in [-0.05, 0) is 114 Å². The molecule has 6 bridgehead atoms. The zero-order valence-corrected chi connectivity index (χ0v) is 22.5. The van der Waals surface area contributed by atoms with E-state index >= 15 is 0 Å². The largest absolute Gasteiger partial charge is 0.303 e. The predicted octanol–water partition coefficient (Wildman–Crippen LogP) is 8.24. The summed E-state index contributed by atoms with van der Waals surface area (Å²) in [6.07, 6.45) is 35.5. The molecule has 34 heavy (non-hydrogen) atoms. The maximum absolute atomic E-state index is 2.93. The standard InChI is InChI=1S/C32H56N2/c1-2-5-10-14-18-23-34-26-29-19-15-11-7-4-6-9-13-17-22-33-24-21-32(31(25-29)28-34)30(27-33)20-16-12-8-3-1/h2,5,9,13,29-32H,1,3-4,6-8,10-12,14-28H2. The molecule has 2 nitrogen and oxygen atoms in total. The molecule has 2 fully saturated rings. The fourth-order valence-corrected chi connectivity index (χ4v) is 7.70. The second kappa shape index (κ2) is 15.5. The monoisotopic (exact) mass is 468 g/mol. The van der Waals surface area contributed by atoms with Gasteiger partial charge in [0.05, 0.1) is 0 Å². The highest BCUT2D eigenvalue weighted by molar-refractivity contribution is 4.92. The quantitative estimate of drug-likeness (QED) is 0.330. The number of fused-ring (bicyclic) bond motifs is 10. The number of allylic oxidation sites excluding steroid dienone is 3. The van der Waals surface area contributed by atoms with Crippen LogP contribution in [0, 0.1) is 23.7 Å². The molecule has 5 aliphatic heterocycles. The van der Waals surface area contributed by atoms with Crippen LogP contribution >= 0.6 is 0 Å². The summed E-state index contributed by atoms with van der Waals surface area (Å²) in [6.45, 7) is 8.22. The lowest BCUT2D eigenvalue weighted by Crippen LogP contribution is -2.49. The Labute approximate surface area is 212 Å². The fourth-order valence-electron chi connectivity index (χ4n) is 7.70. The Kier molecular flexibility index (Phi) is 12.1. The molecule has 5 aliphatic rings. The van der Waals surface area contributed by atoms with E-state index in [0.29, 0.717) is 0 Å². The highest BCUT2D eigenvalue weighted by Gasteiger charge is 2.38. The minimum Gasteiger partial charge on any atom is -0.303 e. The van der Waals surface area contributed by atoms with Crippen LogP contribution in [0.4, 0.5) is 0 Å². The van der Waals surface area contributed by atoms with Gasteiger partial charge in [-0.1, -0.05) is 62.8 Å². The van der Waals surface area contributed by atoms with Crippen molar-refractivity contribution in [2.45, 2.75) is 116 Å². The number of hydrogen-bond acceptors (Lipinski definition) is 2. The number of piperidine rings is 2. The zero-order valence-electron chi connectivity index (χ0n) is 22.5. The second-order valence-electron chi connectivity index (χ2n) is 12.3. The van der Waals surface area contributed by atoms with E-state index in [0.717, 1.165) is 23.7 Å². The molecule has 2 saturated heterocycles. The van der Waals surface area contributed by atoms with Gasteiger partial charge in [0.25, 0.3) is 0 Å². The van der Waals surface area contributed by atoms with E-state index in [1.807, 2.05) is 0 Å². The van der Waals surface area contributed by atoms with Crippen molar-refractivity contribution in [1.82, 2.24) is 9.80 Å². The molecular formula is C32H56N2. The summed E-state index contributed by atoms with van der Waals surface area (Å²) >= 11 is 0. The number of rotatable bonds is 0.